The number of aromatic nitrogens is 4. The van der Waals surface area contributed by atoms with Crippen LogP contribution in [0.5, 0.6) is 0 Å². The first-order chi connectivity index (χ1) is 21.3. The number of hydrogen-bond acceptors (Lipinski definition) is 5. The van der Waals surface area contributed by atoms with E-state index < -0.39 is 0 Å². The molecule has 0 bridgehead atoms. The maximum Gasteiger partial charge on any atom is 0.164 e. The first kappa shape index (κ1) is 25.2. The molecule has 0 saturated carbocycles. The average molecular weight is 569 g/mol. The van der Waals surface area contributed by atoms with Crippen LogP contribution in [0.15, 0.2) is 146 Å². The van der Waals surface area contributed by atoms with Crippen LogP contribution < -0.4 is 0 Å². The molecule has 0 fully saturated rings. The molecule has 6 aromatic carbocycles. The molecule has 0 unspecified atom stereocenters. The third-order valence-corrected chi connectivity index (χ3v) is 8.69. The molecule has 43 heavy (non-hydrogen) atoms. The van der Waals surface area contributed by atoms with E-state index in [1.807, 2.05) is 66.7 Å². The Balaban J connectivity index is 1.29. The summed E-state index contributed by atoms with van der Waals surface area (Å²) in [6, 6.07) is 49.8. The zero-order valence-electron chi connectivity index (χ0n) is 23.1. The Labute approximate surface area is 253 Å². The second-order valence-corrected chi connectivity index (χ2v) is 11.3. The van der Waals surface area contributed by atoms with Crippen LogP contribution in [-0.4, -0.2) is 19.9 Å². The Hall–Kier alpha value is -5.52. The van der Waals surface area contributed by atoms with Crippen LogP contribution in [-0.2, 0) is 0 Å². The van der Waals surface area contributed by atoms with Gasteiger partial charge in [-0.1, -0.05) is 133 Å². The molecule has 202 valence electrons. The summed E-state index contributed by atoms with van der Waals surface area (Å²) < 4.78 is 1.19. The molecule has 0 radical (unpaired) electrons. The third-order valence-electron chi connectivity index (χ3n) is 7.55. The summed E-state index contributed by atoms with van der Waals surface area (Å²) in [6.07, 6.45) is 0. The molecule has 0 spiro atoms. The van der Waals surface area contributed by atoms with E-state index in [1.165, 1.54) is 15.5 Å². The SMILES string of the molecule is c1ccc(-c2nc(-c3ccccc3)nc(-c3cccc(-c4cccc5ccc6nc(-c7ccccc7)sc6c45)c3)n2)cc1. The minimum absolute atomic E-state index is 0.643. The van der Waals surface area contributed by atoms with Gasteiger partial charge in [-0.05, 0) is 28.6 Å². The molecule has 0 saturated heterocycles. The van der Waals surface area contributed by atoms with Gasteiger partial charge >= 0.3 is 0 Å². The molecule has 0 amide bonds. The number of nitrogens with zero attached hydrogens (tertiary/aromatic N) is 4. The molecular weight excluding hydrogens is 545 g/mol. The van der Waals surface area contributed by atoms with E-state index in [4.69, 9.17) is 19.9 Å². The van der Waals surface area contributed by atoms with Gasteiger partial charge in [-0.15, -0.1) is 11.3 Å². The highest BCUT2D eigenvalue weighted by atomic mass is 32.1. The lowest BCUT2D eigenvalue weighted by atomic mass is 9.96. The Morgan fingerprint density at radius 3 is 1.58 bits per heavy atom. The Morgan fingerprint density at radius 1 is 0.395 bits per heavy atom. The normalized spacial score (nSPS) is 11.3. The highest BCUT2D eigenvalue weighted by molar-refractivity contribution is 7.22. The van der Waals surface area contributed by atoms with Gasteiger partial charge in [0, 0.05) is 27.6 Å². The molecule has 0 N–H and O–H groups in total. The summed E-state index contributed by atoms with van der Waals surface area (Å²) in [6.45, 7) is 0. The molecule has 4 nitrogen and oxygen atoms in total. The molecule has 0 aliphatic heterocycles. The lowest BCUT2D eigenvalue weighted by molar-refractivity contribution is 1.07. The van der Waals surface area contributed by atoms with Crippen LogP contribution in [0.2, 0.25) is 0 Å². The topological polar surface area (TPSA) is 51.6 Å². The van der Waals surface area contributed by atoms with E-state index in [9.17, 15) is 0 Å². The quantitative estimate of drug-likeness (QED) is 0.207. The highest BCUT2D eigenvalue weighted by Gasteiger charge is 2.16. The number of hydrogen-bond donors (Lipinski definition) is 0. The average Bonchev–Trinajstić information content (AvgIpc) is 3.54. The van der Waals surface area contributed by atoms with Gasteiger partial charge in [0.25, 0.3) is 0 Å². The molecule has 2 aromatic heterocycles. The van der Waals surface area contributed by atoms with Gasteiger partial charge in [0.15, 0.2) is 17.5 Å². The summed E-state index contributed by atoms with van der Waals surface area (Å²) >= 11 is 1.74. The van der Waals surface area contributed by atoms with Crippen molar-refractivity contribution in [2.45, 2.75) is 0 Å². The first-order valence-electron chi connectivity index (χ1n) is 14.2. The minimum atomic E-state index is 0.643. The van der Waals surface area contributed by atoms with Crippen molar-refractivity contribution in [2.24, 2.45) is 0 Å². The number of fused-ring (bicyclic) bond motifs is 3. The molecule has 0 aliphatic rings. The fourth-order valence-corrected chi connectivity index (χ4v) is 6.60. The van der Waals surface area contributed by atoms with Gasteiger partial charge in [0.2, 0.25) is 0 Å². The van der Waals surface area contributed by atoms with Gasteiger partial charge in [-0.3, -0.25) is 0 Å². The van der Waals surface area contributed by atoms with Gasteiger partial charge in [-0.2, -0.15) is 0 Å². The molecule has 0 atom stereocenters. The first-order valence-corrected chi connectivity index (χ1v) is 15.0. The highest BCUT2D eigenvalue weighted by Crippen LogP contribution is 2.40. The van der Waals surface area contributed by atoms with Gasteiger partial charge in [0.05, 0.1) is 10.2 Å². The van der Waals surface area contributed by atoms with Crippen molar-refractivity contribution in [3.8, 4) is 55.9 Å². The van der Waals surface area contributed by atoms with Crippen molar-refractivity contribution in [3.63, 3.8) is 0 Å². The van der Waals surface area contributed by atoms with Gasteiger partial charge in [0.1, 0.15) is 5.01 Å². The van der Waals surface area contributed by atoms with Crippen LogP contribution in [0.3, 0.4) is 0 Å². The van der Waals surface area contributed by atoms with Crippen LogP contribution in [0.4, 0.5) is 0 Å². The predicted molar refractivity (Wildman–Crippen MR) is 178 cm³/mol. The third kappa shape index (κ3) is 4.76. The van der Waals surface area contributed by atoms with E-state index in [-0.39, 0.29) is 0 Å². The van der Waals surface area contributed by atoms with Crippen molar-refractivity contribution in [1.82, 2.24) is 19.9 Å². The maximum atomic E-state index is 5.00. The summed E-state index contributed by atoms with van der Waals surface area (Å²) in [4.78, 5) is 19.8. The fraction of sp³-hybridized carbons (Fsp3) is 0. The summed E-state index contributed by atoms with van der Waals surface area (Å²) in [7, 11) is 0. The molecule has 8 aromatic rings. The summed E-state index contributed by atoms with van der Waals surface area (Å²) in [5.74, 6) is 1.95. The standard InChI is InChI=1S/C38H24N4S/c1-4-12-26(13-5-1)35-40-36(27-14-6-2-7-15-27)42-37(41-35)30-20-10-19-29(24-30)31-21-11-18-25-22-23-32-34(33(25)31)43-38(39-32)28-16-8-3-9-17-28/h1-24H. The largest absolute Gasteiger partial charge is 0.236 e. The van der Waals surface area contributed by atoms with Crippen molar-refractivity contribution >= 4 is 32.3 Å². The van der Waals surface area contributed by atoms with E-state index in [0.29, 0.717) is 17.5 Å². The Bertz CT molecular complexity index is 2170. The monoisotopic (exact) mass is 568 g/mol. The fourth-order valence-electron chi connectivity index (χ4n) is 5.46. The predicted octanol–water partition coefficient (Wildman–Crippen LogP) is 9.97. The second kappa shape index (κ2) is 10.7. The minimum Gasteiger partial charge on any atom is -0.236 e. The molecular formula is C38H24N4S. The number of rotatable bonds is 5. The van der Waals surface area contributed by atoms with E-state index in [1.54, 1.807) is 11.3 Å². The molecule has 5 heteroatoms. The van der Waals surface area contributed by atoms with Crippen molar-refractivity contribution < 1.29 is 0 Å². The number of thiazole rings is 1. The molecule has 2 heterocycles. The van der Waals surface area contributed by atoms with Crippen molar-refractivity contribution in [2.75, 3.05) is 0 Å². The maximum absolute atomic E-state index is 5.00. The van der Waals surface area contributed by atoms with Crippen molar-refractivity contribution in [3.05, 3.63) is 146 Å². The van der Waals surface area contributed by atoms with E-state index in [0.717, 1.165) is 43.9 Å². The lowest BCUT2D eigenvalue weighted by Gasteiger charge is -2.11. The zero-order chi connectivity index (χ0) is 28.6. The van der Waals surface area contributed by atoms with Crippen LogP contribution in [0.25, 0.3) is 76.9 Å². The Morgan fingerprint density at radius 2 is 0.930 bits per heavy atom. The summed E-state index contributed by atoms with van der Waals surface area (Å²) in [5.41, 5.74) is 7.26. The smallest absolute Gasteiger partial charge is 0.164 e. The van der Waals surface area contributed by atoms with Gasteiger partial charge < -0.3 is 0 Å². The van der Waals surface area contributed by atoms with Crippen LogP contribution in [0, 0.1) is 0 Å². The zero-order valence-corrected chi connectivity index (χ0v) is 23.9. The second-order valence-electron chi connectivity index (χ2n) is 10.3. The van der Waals surface area contributed by atoms with Crippen LogP contribution >= 0.6 is 11.3 Å². The summed E-state index contributed by atoms with van der Waals surface area (Å²) in [5, 5.41) is 3.43. The van der Waals surface area contributed by atoms with Gasteiger partial charge in [-0.25, -0.2) is 19.9 Å². The van der Waals surface area contributed by atoms with Crippen molar-refractivity contribution in [1.29, 1.82) is 0 Å². The Kier molecular flexibility index (Phi) is 6.28. The van der Waals surface area contributed by atoms with Crippen LogP contribution in [0.1, 0.15) is 0 Å². The molecule has 0 aliphatic carbocycles. The molecule has 8 rings (SSSR count). The van der Waals surface area contributed by atoms with E-state index in [2.05, 4.69) is 78.9 Å². The lowest BCUT2D eigenvalue weighted by Crippen LogP contribution is -2.00. The van der Waals surface area contributed by atoms with E-state index >= 15 is 0 Å². The number of benzene rings is 6.